The predicted octanol–water partition coefficient (Wildman–Crippen LogP) is 15.9. The number of aromatic nitrogens is 8. The Morgan fingerprint density at radius 3 is 0.878 bits per heavy atom. The second-order valence-corrected chi connectivity index (χ2v) is 18.5. The summed E-state index contributed by atoms with van der Waals surface area (Å²) in [4.78, 5) is 28.8. The van der Waals surface area contributed by atoms with Crippen molar-refractivity contribution in [2.45, 2.75) is 0 Å². The number of hydrogen-bond donors (Lipinski definition) is 0. The third kappa shape index (κ3) is 7.57. The number of pyridine rings is 4. The van der Waals surface area contributed by atoms with Gasteiger partial charge in [-0.3, -0.25) is 19.9 Å². The first kappa shape index (κ1) is 42.7. The molecule has 346 valence electrons. The molecule has 0 bridgehead atoms. The van der Waals surface area contributed by atoms with Crippen molar-refractivity contribution >= 4 is 43.6 Å². The van der Waals surface area contributed by atoms with Gasteiger partial charge in [0.05, 0.1) is 33.5 Å². The molecule has 0 saturated carbocycles. The zero-order valence-electron chi connectivity index (χ0n) is 39.8. The number of hydrogen-bond acceptors (Lipinski definition) is 6. The van der Waals surface area contributed by atoms with Crippen LogP contribution in [0.15, 0.2) is 256 Å². The van der Waals surface area contributed by atoms with E-state index in [9.17, 15) is 0 Å². The van der Waals surface area contributed by atoms with Crippen molar-refractivity contribution in [3.63, 3.8) is 0 Å². The second kappa shape index (κ2) is 17.9. The average molecular weight is 947 g/mol. The molecule has 14 rings (SSSR count). The highest BCUT2D eigenvalue weighted by atomic mass is 15.0. The molecule has 14 aromatic rings. The molecule has 0 aliphatic carbocycles. The highest BCUT2D eigenvalue weighted by Gasteiger charge is 2.21. The van der Waals surface area contributed by atoms with Crippen LogP contribution in [-0.2, 0) is 0 Å². The van der Waals surface area contributed by atoms with Crippen molar-refractivity contribution in [3.05, 3.63) is 256 Å². The van der Waals surface area contributed by atoms with Crippen LogP contribution in [0.1, 0.15) is 0 Å². The van der Waals surface area contributed by atoms with Gasteiger partial charge in [-0.05, 0) is 119 Å². The van der Waals surface area contributed by atoms with Gasteiger partial charge in [0.2, 0.25) is 0 Å². The SMILES string of the molecule is c1ccc(-c2cc(-c3ccccc3)nc(-c3cc(-n4c5ccc(-c6cccnc6)cc5c5cc(-c6cccnc6)ccc54)cc(-n4c5ccc(-c6cccnc6)cc5c5cc(-c6cccnc6)ccc54)c3)n2)cc1. The maximum atomic E-state index is 5.42. The predicted molar refractivity (Wildman–Crippen MR) is 300 cm³/mol. The van der Waals surface area contributed by atoms with Crippen molar-refractivity contribution in [1.82, 2.24) is 39.0 Å². The maximum absolute atomic E-state index is 5.42. The molecule has 0 amide bonds. The van der Waals surface area contributed by atoms with Crippen LogP contribution in [0.2, 0.25) is 0 Å². The summed E-state index contributed by atoms with van der Waals surface area (Å²) >= 11 is 0. The van der Waals surface area contributed by atoms with Crippen LogP contribution in [0, 0.1) is 0 Å². The third-order valence-electron chi connectivity index (χ3n) is 14.1. The van der Waals surface area contributed by atoms with Crippen molar-refractivity contribution in [2.24, 2.45) is 0 Å². The van der Waals surface area contributed by atoms with Crippen LogP contribution in [0.4, 0.5) is 0 Å². The minimum absolute atomic E-state index is 0.616. The molecule has 7 aromatic carbocycles. The maximum Gasteiger partial charge on any atom is 0.160 e. The molecule has 8 nitrogen and oxygen atoms in total. The first-order valence-corrected chi connectivity index (χ1v) is 24.6. The van der Waals surface area contributed by atoms with Crippen LogP contribution in [0.25, 0.3) is 133 Å². The number of fused-ring (bicyclic) bond motifs is 6. The van der Waals surface area contributed by atoms with E-state index in [1.165, 1.54) is 0 Å². The fraction of sp³-hybridized carbons (Fsp3) is 0. The molecule has 74 heavy (non-hydrogen) atoms. The standard InChI is InChI=1S/C66H42N8/c1-3-11-43(12-4-1)60-38-61(44-13-5-2-6-14-44)72-66(71-60)53-31-54(73-62-23-19-45(49-15-7-27-67-39-49)33-56(62)57-34-46(20-24-63(57)73)50-16-8-28-68-40-50)37-55(32-53)74-64-25-21-47(51-17-9-29-69-41-51)35-58(64)59-36-48(22-26-65(59)74)52-18-10-30-70-42-52/h1-42H. The monoisotopic (exact) mass is 946 g/mol. The molecule has 0 saturated heterocycles. The van der Waals surface area contributed by atoms with E-state index in [1.807, 2.05) is 86.0 Å². The Kier molecular flexibility index (Phi) is 10.3. The summed E-state index contributed by atoms with van der Waals surface area (Å²) in [5.41, 5.74) is 19.3. The molecule has 0 fully saturated rings. The summed E-state index contributed by atoms with van der Waals surface area (Å²) < 4.78 is 4.79. The highest BCUT2D eigenvalue weighted by molar-refractivity contribution is 6.13. The van der Waals surface area contributed by atoms with Gasteiger partial charge < -0.3 is 9.13 Å². The Morgan fingerprint density at radius 2 is 0.568 bits per heavy atom. The molecule has 7 aromatic heterocycles. The Bertz CT molecular complexity index is 3920. The molecule has 0 atom stereocenters. The van der Waals surface area contributed by atoms with Crippen LogP contribution in [0.5, 0.6) is 0 Å². The van der Waals surface area contributed by atoms with E-state index in [1.54, 1.807) is 0 Å². The molecular weight excluding hydrogens is 905 g/mol. The highest BCUT2D eigenvalue weighted by Crippen LogP contribution is 2.42. The Hall–Kier alpha value is -10.2. The van der Waals surface area contributed by atoms with Gasteiger partial charge in [-0.2, -0.15) is 0 Å². The van der Waals surface area contributed by atoms with Gasteiger partial charge in [-0.25, -0.2) is 9.97 Å². The first-order chi connectivity index (χ1) is 36.7. The first-order valence-electron chi connectivity index (χ1n) is 24.6. The normalized spacial score (nSPS) is 11.5. The van der Waals surface area contributed by atoms with Gasteiger partial charge in [0, 0.05) is 121 Å². The smallest absolute Gasteiger partial charge is 0.160 e. The third-order valence-corrected chi connectivity index (χ3v) is 14.1. The van der Waals surface area contributed by atoms with E-state index in [0.717, 1.165) is 128 Å². The number of rotatable bonds is 9. The zero-order valence-corrected chi connectivity index (χ0v) is 39.8. The molecule has 0 aliphatic heterocycles. The van der Waals surface area contributed by atoms with E-state index >= 15 is 0 Å². The quantitative estimate of drug-likeness (QED) is 0.143. The minimum atomic E-state index is 0.616. The molecule has 0 spiro atoms. The molecule has 0 N–H and O–H groups in total. The van der Waals surface area contributed by atoms with E-state index in [-0.39, 0.29) is 0 Å². The van der Waals surface area contributed by atoms with E-state index in [0.29, 0.717) is 5.82 Å². The van der Waals surface area contributed by atoms with E-state index in [4.69, 9.17) is 9.97 Å². The lowest BCUT2D eigenvalue weighted by atomic mass is 10.0. The summed E-state index contributed by atoms with van der Waals surface area (Å²) in [6.07, 6.45) is 15.0. The Balaban J connectivity index is 1.07. The molecule has 7 heterocycles. The average Bonchev–Trinajstić information content (AvgIpc) is 3.99. The van der Waals surface area contributed by atoms with Crippen LogP contribution >= 0.6 is 0 Å². The van der Waals surface area contributed by atoms with E-state index < -0.39 is 0 Å². The largest absolute Gasteiger partial charge is 0.309 e. The lowest BCUT2D eigenvalue weighted by molar-refractivity contribution is 1.12. The molecule has 0 aliphatic rings. The van der Waals surface area contributed by atoms with Gasteiger partial charge in [0.1, 0.15) is 0 Å². The number of nitrogens with zero attached hydrogens (tertiary/aromatic N) is 8. The van der Waals surface area contributed by atoms with E-state index in [2.05, 4.69) is 199 Å². The Morgan fingerprint density at radius 1 is 0.243 bits per heavy atom. The summed E-state index contributed by atoms with van der Waals surface area (Å²) in [5, 5.41) is 4.48. The fourth-order valence-corrected chi connectivity index (χ4v) is 10.5. The topological polar surface area (TPSA) is 87.2 Å². The zero-order chi connectivity index (χ0) is 49.0. The number of benzene rings is 7. The minimum Gasteiger partial charge on any atom is -0.309 e. The van der Waals surface area contributed by atoms with Gasteiger partial charge in [-0.1, -0.05) is 109 Å². The summed E-state index contributed by atoms with van der Waals surface area (Å²) in [6.45, 7) is 0. The van der Waals surface area contributed by atoms with Gasteiger partial charge >= 0.3 is 0 Å². The molecule has 8 heteroatoms. The van der Waals surface area contributed by atoms with Crippen molar-refractivity contribution < 1.29 is 0 Å². The Labute approximate surface area is 426 Å². The van der Waals surface area contributed by atoms with Crippen LogP contribution < -0.4 is 0 Å². The van der Waals surface area contributed by atoms with Gasteiger partial charge in [0.25, 0.3) is 0 Å². The summed E-state index contributed by atoms with van der Waals surface area (Å²) in [6, 6.07) is 73.0. The second-order valence-electron chi connectivity index (χ2n) is 18.5. The summed E-state index contributed by atoms with van der Waals surface area (Å²) in [7, 11) is 0. The molecular formula is C66H42N8. The van der Waals surface area contributed by atoms with Crippen LogP contribution in [0.3, 0.4) is 0 Å². The summed E-state index contributed by atoms with van der Waals surface area (Å²) in [5.74, 6) is 0.616. The van der Waals surface area contributed by atoms with Crippen molar-refractivity contribution in [1.29, 1.82) is 0 Å². The molecule has 0 radical (unpaired) electrons. The van der Waals surface area contributed by atoms with Crippen LogP contribution in [-0.4, -0.2) is 39.0 Å². The fourth-order valence-electron chi connectivity index (χ4n) is 10.5. The van der Waals surface area contributed by atoms with Crippen molar-refractivity contribution in [3.8, 4) is 89.8 Å². The van der Waals surface area contributed by atoms with Gasteiger partial charge in [-0.15, -0.1) is 0 Å². The lowest BCUT2D eigenvalue weighted by Crippen LogP contribution is -2.02. The van der Waals surface area contributed by atoms with Gasteiger partial charge in [0.15, 0.2) is 5.82 Å². The molecule has 0 unspecified atom stereocenters. The van der Waals surface area contributed by atoms with Crippen molar-refractivity contribution in [2.75, 3.05) is 0 Å². The lowest BCUT2D eigenvalue weighted by Gasteiger charge is -2.16.